The Hall–Kier alpha value is -1.84. The van der Waals surface area contributed by atoms with E-state index < -0.39 is 0 Å². The summed E-state index contributed by atoms with van der Waals surface area (Å²) in [6, 6.07) is 9.66. The molecule has 1 aliphatic rings. The van der Waals surface area contributed by atoms with E-state index in [1.54, 1.807) is 16.8 Å². The van der Waals surface area contributed by atoms with Crippen molar-refractivity contribution in [3.8, 4) is 0 Å². The number of nitrogens with zero attached hydrogens (tertiary/aromatic N) is 2. The second-order valence-electron chi connectivity index (χ2n) is 4.91. The summed E-state index contributed by atoms with van der Waals surface area (Å²) in [4.78, 5) is 27.3. The second-order valence-corrected chi connectivity index (χ2v) is 4.91. The summed E-state index contributed by atoms with van der Waals surface area (Å²) < 4.78 is 0. The average molecular weight is 246 g/mol. The molecule has 2 amide bonds. The van der Waals surface area contributed by atoms with Gasteiger partial charge >= 0.3 is 0 Å². The van der Waals surface area contributed by atoms with Crippen LogP contribution in [0.25, 0.3) is 0 Å². The topological polar surface area (TPSA) is 40.6 Å². The zero-order chi connectivity index (χ0) is 13.3. The fourth-order valence-corrected chi connectivity index (χ4v) is 2.25. The molecule has 18 heavy (non-hydrogen) atoms. The SMILES string of the molecule is CC(C)C(=O)N1CC(=O)N(C)C1c1ccccc1. The molecule has 0 radical (unpaired) electrons. The highest BCUT2D eigenvalue weighted by Crippen LogP contribution is 2.30. The average Bonchev–Trinajstić information content (AvgIpc) is 2.66. The van der Waals surface area contributed by atoms with Gasteiger partial charge in [-0.3, -0.25) is 9.59 Å². The van der Waals surface area contributed by atoms with Gasteiger partial charge in [-0.25, -0.2) is 0 Å². The molecular weight excluding hydrogens is 228 g/mol. The van der Waals surface area contributed by atoms with Gasteiger partial charge in [-0.05, 0) is 5.56 Å². The van der Waals surface area contributed by atoms with Gasteiger partial charge < -0.3 is 9.80 Å². The molecule has 1 aliphatic heterocycles. The zero-order valence-electron chi connectivity index (χ0n) is 11.0. The molecule has 96 valence electrons. The van der Waals surface area contributed by atoms with Gasteiger partial charge in [0.2, 0.25) is 11.8 Å². The highest BCUT2D eigenvalue weighted by molar-refractivity contribution is 5.89. The molecular formula is C14H18N2O2. The van der Waals surface area contributed by atoms with Crippen molar-refractivity contribution in [2.75, 3.05) is 13.6 Å². The Morgan fingerprint density at radius 3 is 2.44 bits per heavy atom. The van der Waals surface area contributed by atoms with Crippen molar-refractivity contribution in [1.29, 1.82) is 0 Å². The van der Waals surface area contributed by atoms with E-state index in [0.717, 1.165) is 5.56 Å². The maximum atomic E-state index is 12.2. The monoisotopic (exact) mass is 246 g/mol. The maximum Gasteiger partial charge on any atom is 0.243 e. The van der Waals surface area contributed by atoms with Crippen LogP contribution in [0.1, 0.15) is 25.6 Å². The van der Waals surface area contributed by atoms with Crippen molar-refractivity contribution >= 4 is 11.8 Å². The van der Waals surface area contributed by atoms with Crippen LogP contribution in [0.2, 0.25) is 0 Å². The van der Waals surface area contributed by atoms with E-state index >= 15 is 0 Å². The first-order valence-electron chi connectivity index (χ1n) is 6.13. The molecule has 1 heterocycles. The molecule has 1 atom stereocenters. The molecule has 0 aliphatic carbocycles. The first kappa shape index (κ1) is 12.6. The molecule has 4 nitrogen and oxygen atoms in total. The Bertz CT molecular complexity index is 456. The lowest BCUT2D eigenvalue weighted by Crippen LogP contribution is -2.36. The molecule has 1 aromatic carbocycles. The van der Waals surface area contributed by atoms with Crippen LogP contribution < -0.4 is 0 Å². The Labute approximate surface area is 107 Å². The number of rotatable bonds is 2. The van der Waals surface area contributed by atoms with Gasteiger partial charge in [-0.1, -0.05) is 44.2 Å². The van der Waals surface area contributed by atoms with E-state index in [0.29, 0.717) is 0 Å². The summed E-state index contributed by atoms with van der Waals surface area (Å²) in [6.07, 6.45) is -0.270. The van der Waals surface area contributed by atoms with Gasteiger partial charge in [0.25, 0.3) is 0 Å². The number of likely N-dealkylation sites (N-methyl/N-ethyl adjacent to an activating group) is 1. The smallest absolute Gasteiger partial charge is 0.243 e. The van der Waals surface area contributed by atoms with Crippen LogP contribution in [0.15, 0.2) is 30.3 Å². The normalized spacial score (nSPS) is 19.8. The molecule has 4 heteroatoms. The highest BCUT2D eigenvalue weighted by atomic mass is 16.2. The molecule has 0 aromatic heterocycles. The second kappa shape index (κ2) is 4.80. The fourth-order valence-electron chi connectivity index (χ4n) is 2.25. The van der Waals surface area contributed by atoms with Crippen LogP contribution in [0.4, 0.5) is 0 Å². The first-order chi connectivity index (χ1) is 8.52. The van der Waals surface area contributed by atoms with E-state index in [2.05, 4.69) is 0 Å². The lowest BCUT2D eigenvalue weighted by molar-refractivity contribution is -0.136. The molecule has 0 saturated carbocycles. The summed E-state index contributed by atoms with van der Waals surface area (Å²) in [5.74, 6) is -0.102. The van der Waals surface area contributed by atoms with Crippen molar-refractivity contribution in [3.63, 3.8) is 0 Å². The van der Waals surface area contributed by atoms with Crippen LogP contribution in [0.3, 0.4) is 0 Å². The molecule has 2 rings (SSSR count). The van der Waals surface area contributed by atoms with Gasteiger partial charge in [0.05, 0.1) is 0 Å². The summed E-state index contributed by atoms with van der Waals surface area (Å²) in [5.41, 5.74) is 0.972. The van der Waals surface area contributed by atoms with E-state index in [1.807, 2.05) is 44.2 Å². The Balaban J connectivity index is 2.35. The van der Waals surface area contributed by atoms with Crippen molar-refractivity contribution < 1.29 is 9.59 Å². The number of benzene rings is 1. The minimum Gasteiger partial charge on any atom is -0.320 e. The van der Waals surface area contributed by atoms with Crippen molar-refractivity contribution in [2.24, 2.45) is 5.92 Å². The Kier molecular flexibility index (Phi) is 3.36. The third-order valence-corrected chi connectivity index (χ3v) is 3.24. The van der Waals surface area contributed by atoms with Crippen LogP contribution in [-0.4, -0.2) is 35.2 Å². The number of carbonyl (C=O) groups is 2. The third-order valence-electron chi connectivity index (χ3n) is 3.24. The molecule has 0 spiro atoms. The van der Waals surface area contributed by atoms with E-state index in [9.17, 15) is 9.59 Å². The zero-order valence-corrected chi connectivity index (χ0v) is 11.0. The lowest BCUT2D eigenvalue weighted by atomic mass is 10.1. The van der Waals surface area contributed by atoms with Gasteiger partial charge in [0.1, 0.15) is 12.7 Å². The maximum absolute atomic E-state index is 12.2. The number of carbonyl (C=O) groups excluding carboxylic acids is 2. The Morgan fingerprint density at radius 2 is 1.89 bits per heavy atom. The van der Waals surface area contributed by atoms with Crippen LogP contribution in [-0.2, 0) is 9.59 Å². The molecule has 1 unspecified atom stereocenters. The van der Waals surface area contributed by atoms with Gasteiger partial charge in [0.15, 0.2) is 0 Å². The van der Waals surface area contributed by atoms with Gasteiger partial charge in [-0.15, -0.1) is 0 Å². The van der Waals surface area contributed by atoms with Crippen LogP contribution in [0, 0.1) is 5.92 Å². The predicted molar refractivity (Wildman–Crippen MR) is 68.5 cm³/mol. The molecule has 1 aromatic rings. The molecule has 0 bridgehead atoms. The standard InChI is InChI=1S/C14H18N2O2/c1-10(2)14(18)16-9-12(17)15(3)13(16)11-7-5-4-6-8-11/h4-8,10,13H,9H2,1-3H3. The lowest BCUT2D eigenvalue weighted by Gasteiger charge is -2.29. The summed E-state index contributed by atoms with van der Waals surface area (Å²) >= 11 is 0. The number of hydrogen-bond acceptors (Lipinski definition) is 2. The summed E-state index contributed by atoms with van der Waals surface area (Å²) in [7, 11) is 1.74. The summed E-state index contributed by atoms with van der Waals surface area (Å²) in [5, 5.41) is 0. The highest BCUT2D eigenvalue weighted by Gasteiger charge is 2.39. The van der Waals surface area contributed by atoms with Crippen molar-refractivity contribution in [1.82, 2.24) is 9.80 Å². The molecule has 1 fully saturated rings. The number of hydrogen-bond donors (Lipinski definition) is 0. The van der Waals surface area contributed by atoms with E-state index in [4.69, 9.17) is 0 Å². The van der Waals surface area contributed by atoms with Gasteiger partial charge in [0, 0.05) is 13.0 Å². The fraction of sp³-hybridized carbons (Fsp3) is 0.429. The number of amides is 2. The first-order valence-corrected chi connectivity index (χ1v) is 6.13. The van der Waals surface area contributed by atoms with Gasteiger partial charge in [-0.2, -0.15) is 0 Å². The predicted octanol–water partition coefficient (Wildman–Crippen LogP) is 1.64. The van der Waals surface area contributed by atoms with Crippen molar-refractivity contribution in [2.45, 2.75) is 20.0 Å². The molecule has 1 saturated heterocycles. The minimum atomic E-state index is -0.270. The minimum absolute atomic E-state index is 0.0153. The Morgan fingerprint density at radius 1 is 1.28 bits per heavy atom. The van der Waals surface area contributed by atoms with Crippen LogP contribution in [0.5, 0.6) is 0 Å². The van der Waals surface area contributed by atoms with Crippen molar-refractivity contribution in [3.05, 3.63) is 35.9 Å². The van der Waals surface area contributed by atoms with E-state index in [1.165, 1.54) is 0 Å². The van der Waals surface area contributed by atoms with Crippen LogP contribution >= 0.6 is 0 Å². The molecule has 0 N–H and O–H groups in total. The third kappa shape index (κ3) is 2.10. The van der Waals surface area contributed by atoms with E-state index in [-0.39, 0.29) is 30.4 Å². The summed E-state index contributed by atoms with van der Waals surface area (Å²) in [6.45, 7) is 3.88. The quantitative estimate of drug-likeness (QED) is 0.796. The largest absolute Gasteiger partial charge is 0.320 e.